The van der Waals surface area contributed by atoms with Gasteiger partial charge in [0, 0.05) is 19.6 Å². The molecule has 4 nitrogen and oxygen atoms in total. The molecule has 0 bridgehead atoms. The largest absolute Gasteiger partial charge is 0.383 e. The second kappa shape index (κ2) is 5.40. The maximum Gasteiger partial charge on any atom is 0.136 e. The third-order valence-electron chi connectivity index (χ3n) is 3.31. The van der Waals surface area contributed by atoms with Crippen molar-refractivity contribution in [3.8, 4) is 0 Å². The van der Waals surface area contributed by atoms with Gasteiger partial charge in [0.1, 0.15) is 5.82 Å². The van der Waals surface area contributed by atoms with E-state index in [0.29, 0.717) is 6.04 Å². The molecular weight excluding hydrogens is 280 g/mol. The maximum atomic E-state index is 5.99. The van der Waals surface area contributed by atoms with Gasteiger partial charge in [0.05, 0.1) is 16.7 Å². The Balaban J connectivity index is 1.93. The van der Waals surface area contributed by atoms with E-state index in [0.717, 1.165) is 42.1 Å². The fourth-order valence-electron chi connectivity index (χ4n) is 2.50. The molecule has 2 rings (SSSR count). The van der Waals surface area contributed by atoms with E-state index in [-0.39, 0.29) is 0 Å². The van der Waals surface area contributed by atoms with Crippen LogP contribution in [0, 0.1) is 5.92 Å². The van der Waals surface area contributed by atoms with Crippen LogP contribution in [-0.2, 0) is 0 Å². The Bertz CT molecular complexity index is 367. The minimum Gasteiger partial charge on any atom is -0.383 e. The molecule has 17 heavy (non-hydrogen) atoms. The third kappa shape index (κ3) is 3.01. The van der Waals surface area contributed by atoms with Crippen molar-refractivity contribution >= 4 is 21.7 Å². The van der Waals surface area contributed by atoms with Gasteiger partial charge in [-0.25, -0.2) is 4.68 Å². The van der Waals surface area contributed by atoms with Crippen molar-refractivity contribution in [2.24, 2.45) is 5.92 Å². The zero-order chi connectivity index (χ0) is 12.4. The van der Waals surface area contributed by atoms with Crippen LogP contribution in [0.3, 0.4) is 0 Å². The van der Waals surface area contributed by atoms with Crippen molar-refractivity contribution in [2.45, 2.75) is 32.7 Å². The lowest BCUT2D eigenvalue weighted by Crippen LogP contribution is -2.37. The summed E-state index contributed by atoms with van der Waals surface area (Å²) in [4.78, 5) is 2.54. The van der Waals surface area contributed by atoms with Crippen LogP contribution >= 0.6 is 15.9 Å². The topological polar surface area (TPSA) is 47.1 Å². The molecule has 0 amide bonds. The van der Waals surface area contributed by atoms with Gasteiger partial charge < -0.3 is 10.6 Å². The molecule has 2 heterocycles. The Kier molecular flexibility index (Phi) is 4.09. The van der Waals surface area contributed by atoms with E-state index < -0.39 is 0 Å². The monoisotopic (exact) mass is 300 g/mol. The second-order valence-corrected chi connectivity index (χ2v) is 6.10. The highest BCUT2D eigenvalue weighted by atomic mass is 79.9. The van der Waals surface area contributed by atoms with Gasteiger partial charge in [-0.2, -0.15) is 5.10 Å². The van der Waals surface area contributed by atoms with Crippen LogP contribution in [0.25, 0.3) is 0 Å². The number of nitrogens with two attached hydrogens (primary N) is 1. The highest BCUT2D eigenvalue weighted by Gasteiger charge is 2.23. The predicted molar refractivity (Wildman–Crippen MR) is 73.9 cm³/mol. The zero-order valence-electron chi connectivity index (χ0n) is 10.6. The predicted octanol–water partition coefficient (Wildman–Crippen LogP) is 2.52. The number of nitrogen functional groups attached to an aromatic ring is 1. The van der Waals surface area contributed by atoms with Crippen molar-refractivity contribution in [3.63, 3.8) is 0 Å². The van der Waals surface area contributed by atoms with E-state index in [1.54, 1.807) is 6.20 Å². The number of likely N-dealkylation sites (tertiary alicyclic amines) is 1. The van der Waals surface area contributed by atoms with Crippen LogP contribution in [-0.4, -0.2) is 34.3 Å². The molecule has 0 aromatic carbocycles. The fraction of sp³-hybridized carbons (Fsp3) is 0.750. The maximum absolute atomic E-state index is 5.99. The average molecular weight is 301 g/mol. The molecule has 0 radical (unpaired) electrons. The lowest BCUT2D eigenvalue weighted by Gasteiger charge is -2.33. The lowest BCUT2D eigenvalue weighted by atomic mass is 10.0. The van der Waals surface area contributed by atoms with E-state index in [1.807, 2.05) is 4.68 Å². The van der Waals surface area contributed by atoms with Crippen LogP contribution in [0.4, 0.5) is 5.82 Å². The first-order valence-electron chi connectivity index (χ1n) is 6.28. The van der Waals surface area contributed by atoms with E-state index in [1.165, 1.54) is 6.54 Å². The van der Waals surface area contributed by atoms with Crippen LogP contribution < -0.4 is 5.73 Å². The van der Waals surface area contributed by atoms with Gasteiger partial charge in [0.25, 0.3) is 0 Å². The van der Waals surface area contributed by atoms with Crippen molar-refractivity contribution in [1.82, 2.24) is 14.7 Å². The fourth-order valence-corrected chi connectivity index (χ4v) is 2.78. The number of piperidine rings is 1. The third-order valence-corrected chi connectivity index (χ3v) is 3.92. The Morgan fingerprint density at radius 2 is 2.12 bits per heavy atom. The lowest BCUT2D eigenvalue weighted by molar-refractivity contribution is 0.165. The molecular formula is C12H21BrN4. The van der Waals surface area contributed by atoms with Gasteiger partial charge in [-0.15, -0.1) is 0 Å². The number of aromatic nitrogens is 2. The van der Waals surface area contributed by atoms with E-state index in [2.05, 4.69) is 39.8 Å². The smallest absolute Gasteiger partial charge is 0.136 e. The molecule has 96 valence electrons. The van der Waals surface area contributed by atoms with Crippen molar-refractivity contribution in [1.29, 1.82) is 0 Å². The van der Waals surface area contributed by atoms with Gasteiger partial charge in [0.2, 0.25) is 0 Å². The van der Waals surface area contributed by atoms with Crippen molar-refractivity contribution < 1.29 is 0 Å². The molecule has 1 aromatic rings. The number of hydrogen-bond donors (Lipinski definition) is 1. The molecule has 1 saturated heterocycles. The standard InChI is InChI=1S/C12H21BrN4/c1-9(2)8-16-5-3-10(4-6-16)17-12(14)11(13)7-15-17/h7,9-10H,3-6,8,14H2,1-2H3. The molecule has 0 aliphatic carbocycles. The number of hydrogen-bond acceptors (Lipinski definition) is 3. The average Bonchev–Trinajstić information content (AvgIpc) is 2.60. The zero-order valence-corrected chi connectivity index (χ0v) is 12.2. The van der Waals surface area contributed by atoms with Gasteiger partial charge in [-0.3, -0.25) is 0 Å². The minimum absolute atomic E-state index is 0.463. The van der Waals surface area contributed by atoms with Crippen molar-refractivity contribution in [2.75, 3.05) is 25.4 Å². The summed E-state index contributed by atoms with van der Waals surface area (Å²) in [5.74, 6) is 1.50. The Morgan fingerprint density at radius 1 is 1.47 bits per heavy atom. The summed E-state index contributed by atoms with van der Waals surface area (Å²) < 4.78 is 2.87. The molecule has 5 heteroatoms. The molecule has 0 unspecified atom stereocenters. The molecule has 1 aromatic heterocycles. The SMILES string of the molecule is CC(C)CN1CCC(n2ncc(Br)c2N)CC1. The molecule has 0 saturated carbocycles. The Hall–Kier alpha value is -0.550. The van der Waals surface area contributed by atoms with E-state index >= 15 is 0 Å². The summed E-state index contributed by atoms with van der Waals surface area (Å²) in [6, 6.07) is 0.463. The van der Waals surface area contributed by atoms with Gasteiger partial charge >= 0.3 is 0 Å². The minimum atomic E-state index is 0.463. The quantitative estimate of drug-likeness (QED) is 0.933. The molecule has 2 N–H and O–H groups in total. The van der Waals surface area contributed by atoms with Gasteiger partial charge in [0.15, 0.2) is 0 Å². The number of nitrogens with zero attached hydrogens (tertiary/aromatic N) is 3. The summed E-state index contributed by atoms with van der Waals surface area (Å²) in [7, 11) is 0. The first kappa shape index (κ1) is 12.9. The molecule has 0 atom stereocenters. The van der Waals surface area contributed by atoms with Crippen molar-refractivity contribution in [3.05, 3.63) is 10.7 Å². The van der Waals surface area contributed by atoms with Crippen LogP contribution in [0.5, 0.6) is 0 Å². The summed E-state index contributed by atoms with van der Waals surface area (Å²) in [5, 5.41) is 4.35. The van der Waals surface area contributed by atoms with Gasteiger partial charge in [-0.05, 0) is 34.7 Å². The van der Waals surface area contributed by atoms with Crippen LogP contribution in [0.15, 0.2) is 10.7 Å². The molecule has 1 aliphatic rings. The summed E-state index contributed by atoms with van der Waals surface area (Å²) >= 11 is 3.41. The first-order valence-corrected chi connectivity index (χ1v) is 7.08. The summed E-state index contributed by atoms with van der Waals surface area (Å²) in [6.45, 7) is 8.05. The van der Waals surface area contributed by atoms with Crippen LogP contribution in [0.1, 0.15) is 32.7 Å². The summed E-state index contributed by atoms with van der Waals surface area (Å²) in [6.07, 6.45) is 4.08. The summed E-state index contributed by atoms with van der Waals surface area (Å²) in [5.41, 5.74) is 5.99. The van der Waals surface area contributed by atoms with E-state index in [9.17, 15) is 0 Å². The highest BCUT2D eigenvalue weighted by Crippen LogP contribution is 2.28. The van der Waals surface area contributed by atoms with E-state index in [4.69, 9.17) is 5.73 Å². The Morgan fingerprint density at radius 3 is 2.59 bits per heavy atom. The number of halogens is 1. The van der Waals surface area contributed by atoms with Crippen LogP contribution in [0.2, 0.25) is 0 Å². The van der Waals surface area contributed by atoms with Gasteiger partial charge in [-0.1, -0.05) is 13.8 Å². The second-order valence-electron chi connectivity index (χ2n) is 5.25. The normalized spacial score (nSPS) is 19.1. The first-order chi connectivity index (χ1) is 8.08. The Labute approximate surface area is 111 Å². The molecule has 0 spiro atoms. The number of rotatable bonds is 3. The molecule has 1 aliphatic heterocycles. The molecule has 1 fully saturated rings. The highest BCUT2D eigenvalue weighted by molar-refractivity contribution is 9.10. The number of anilines is 1.